The highest BCUT2D eigenvalue weighted by atomic mass is 32.2. The molecule has 4 nitrogen and oxygen atoms in total. The molecule has 5 rings (SSSR count). The molecule has 1 aliphatic heterocycles. The van der Waals surface area contributed by atoms with Crippen molar-refractivity contribution in [2.75, 3.05) is 7.05 Å². The average molecular weight is 398 g/mol. The zero-order valence-electron chi connectivity index (χ0n) is 15.8. The molecule has 3 aromatic carbocycles. The van der Waals surface area contributed by atoms with Gasteiger partial charge in [0.25, 0.3) is 11.1 Å². The number of rotatable bonds is 3. The van der Waals surface area contributed by atoms with Gasteiger partial charge in [0.05, 0.1) is 4.91 Å². The summed E-state index contributed by atoms with van der Waals surface area (Å²) in [6, 6.07) is 22.9. The van der Waals surface area contributed by atoms with Gasteiger partial charge in [-0.1, -0.05) is 60.7 Å². The Morgan fingerprint density at radius 3 is 2.41 bits per heavy atom. The Morgan fingerprint density at radius 1 is 0.897 bits per heavy atom. The summed E-state index contributed by atoms with van der Waals surface area (Å²) in [5.74, 6) is -0.245. The van der Waals surface area contributed by atoms with Gasteiger partial charge in [-0.3, -0.25) is 14.5 Å². The standard InChI is InChI=1S/C24H18N2O2S/c1-25-23(27)22(29-24(25)28)13-18-15-26(21-12-5-4-11-20(18)21)14-17-9-6-8-16-7-2-3-10-19(16)17/h2-13,15H,14H2,1H3/b22-13-. The van der Waals surface area contributed by atoms with Gasteiger partial charge in [0, 0.05) is 36.3 Å². The monoisotopic (exact) mass is 398 g/mol. The van der Waals surface area contributed by atoms with E-state index in [-0.39, 0.29) is 11.1 Å². The average Bonchev–Trinajstić information content (AvgIpc) is 3.21. The molecular weight excluding hydrogens is 380 g/mol. The largest absolute Gasteiger partial charge is 0.342 e. The topological polar surface area (TPSA) is 42.3 Å². The van der Waals surface area contributed by atoms with Crippen molar-refractivity contribution in [3.05, 3.63) is 89.0 Å². The Morgan fingerprint density at radius 2 is 1.62 bits per heavy atom. The number of aromatic nitrogens is 1. The smallest absolute Gasteiger partial charge is 0.293 e. The van der Waals surface area contributed by atoms with E-state index in [0.29, 0.717) is 4.91 Å². The number of hydrogen-bond acceptors (Lipinski definition) is 3. The van der Waals surface area contributed by atoms with Gasteiger partial charge < -0.3 is 4.57 Å². The van der Waals surface area contributed by atoms with Crippen LogP contribution in [0.5, 0.6) is 0 Å². The Labute approximate surface area is 172 Å². The normalized spacial score (nSPS) is 15.9. The molecule has 0 saturated carbocycles. The fourth-order valence-electron chi connectivity index (χ4n) is 3.82. The predicted octanol–water partition coefficient (Wildman–Crippen LogP) is 5.51. The molecule has 2 heterocycles. The predicted molar refractivity (Wildman–Crippen MR) is 119 cm³/mol. The van der Waals surface area contributed by atoms with E-state index >= 15 is 0 Å². The van der Waals surface area contributed by atoms with Crippen LogP contribution in [0.2, 0.25) is 0 Å². The zero-order chi connectivity index (χ0) is 20.0. The van der Waals surface area contributed by atoms with Gasteiger partial charge in [0.2, 0.25) is 0 Å². The van der Waals surface area contributed by atoms with Gasteiger partial charge in [0.15, 0.2) is 0 Å². The molecule has 0 radical (unpaired) electrons. The molecule has 142 valence electrons. The Hall–Kier alpha value is -3.31. The summed E-state index contributed by atoms with van der Waals surface area (Å²) in [7, 11) is 1.52. The summed E-state index contributed by atoms with van der Waals surface area (Å²) in [6.07, 6.45) is 3.90. The third-order valence-corrected chi connectivity index (χ3v) is 6.27. The van der Waals surface area contributed by atoms with Crippen molar-refractivity contribution in [2.45, 2.75) is 6.54 Å². The molecule has 0 aliphatic carbocycles. The Balaban J connectivity index is 1.61. The molecule has 0 bridgehead atoms. The third-order valence-electron chi connectivity index (χ3n) is 5.31. The first-order valence-electron chi connectivity index (χ1n) is 9.38. The fourth-order valence-corrected chi connectivity index (χ4v) is 4.64. The van der Waals surface area contributed by atoms with Crippen LogP contribution in [-0.4, -0.2) is 27.7 Å². The highest BCUT2D eigenvalue weighted by Crippen LogP contribution is 2.33. The lowest BCUT2D eigenvalue weighted by Crippen LogP contribution is -2.22. The van der Waals surface area contributed by atoms with Crippen LogP contribution in [0.25, 0.3) is 27.8 Å². The van der Waals surface area contributed by atoms with E-state index in [2.05, 4.69) is 65.4 Å². The highest BCUT2D eigenvalue weighted by molar-refractivity contribution is 8.18. The second-order valence-corrected chi connectivity index (χ2v) is 8.10. The molecule has 0 atom stereocenters. The van der Waals surface area contributed by atoms with Crippen LogP contribution in [-0.2, 0) is 11.3 Å². The van der Waals surface area contributed by atoms with Gasteiger partial charge in [-0.2, -0.15) is 0 Å². The van der Waals surface area contributed by atoms with E-state index in [4.69, 9.17) is 0 Å². The molecule has 1 aromatic heterocycles. The number of imide groups is 1. The van der Waals surface area contributed by atoms with Crippen molar-refractivity contribution >= 4 is 50.7 Å². The summed E-state index contributed by atoms with van der Waals surface area (Å²) in [4.78, 5) is 25.8. The second-order valence-electron chi connectivity index (χ2n) is 7.11. The fraction of sp³-hybridized carbons (Fsp3) is 0.0833. The van der Waals surface area contributed by atoms with Crippen molar-refractivity contribution < 1.29 is 9.59 Å². The lowest BCUT2D eigenvalue weighted by atomic mass is 10.0. The van der Waals surface area contributed by atoms with E-state index in [1.54, 1.807) is 0 Å². The molecule has 29 heavy (non-hydrogen) atoms. The number of carbonyl (C=O) groups is 2. The molecule has 1 saturated heterocycles. The molecule has 0 N–H and O–H groups in total. The minimum Gasteiger partial charge on any atom is -0.342 e. The molecule has 4 aromatic rings. The van der Waals surface area contributed by atoms with Gasteiger partial charge in [-0.05, 0) is 40.2 Å². The minimum atomic E-state index is -0.245. The van der Waals surface area contributed by atoms with E-state index in [9.17, 15) is 9.59 Å². The number of nitrogens with zero attached hydrogens (tertiary/aromatic N) is 2. The van der Waals surface area contributed by atoms with Gasteiger partial charge in [-0.25, -0.2) is 0 Å². The van der Waals surface area contributed by atoms with Crippen LogP contribution in [0.15, 0.2) is 77.8 Å². The van der Waals surface area contributed by atoms with Crippen molar-refractivity contribution in [3.8, 4) is 0 Å². The number of para-hydroxylation sites is 1. The van der Waals surface area contributed by atoms with E-state index in [1.807, 2.05) is 18.2 Å². The minimum absolute atomic E-state index is 0.235. The summed E-state index contributed by atoms with van der Waals surface area (Å²) < 4.78 is 2.21. The number of benzene rings is 3. The lowest BCUT2D eigenvalue weighted by molar-refractivity contribution is -0.121. The van der Waals surface area contributed by atoms with Crippen LogP contribution in [0.4, 0.5) is 4.79 Å². The quantitative estimate of drug-likeness (QED) is 0.428. The number of likely N-dealkylation sites (N-methyl/N-ethyl adjacent to an activating group) is 1. The van der Waals surface area contributed by atoms with E-state index < -0.39 is 0 Å². The number of amides is 2. The van der Waals surface area contributed by atoms with Gasteiger partial charge in [0.1, 0.15) is 0 Å². The SMILES string of the molecule is CN1C(=O)S/C(=C\c2cn(Cc3cccc4ccccc34)c3ccccc23)C1=O. The Kier molecular flexibility index (Phi) is 4.25. The molecular formula is C24H18N2O2S. The first-order chi connectivity index (χ1) is 14.1. The number of carbonyl (C=O) groups excluding carboxylic acids is 2. The lowest BCUT2D eigenvalue weighted by Gasteiger charge is -2.09. The third kappa shape index (κ3) is 3.04. The van der Waals surface area contributed by atoms with E-state index in [1.165, 1.54) is 23.4 Å². The van der Waals surface area contributed by atoms with Crippen molar-refractivity contribution in [1.82, 2.24) is 9.47 Å². The molecule has 2 amide bonds. The van der Waals surface area contributed by atoms with Crippen molar-refractivity contribution in [2.24, 2.45) is 0 Å². The van der Waals surface area contributed by atoms with Crippen molar-refractivity contribution in [3.63, 3.8) is 0 Å². The summed E-state index contributed by atoms with van der Waals surface area (Å²) in [5.41, 5.74) is 3.28. The zero-order valence-corrected chi connectivity index (χ0v) is 16.6. The maximum absolute atomic E-state index is 12.3. The van der Waals surface area contributed by atoms with Crippen LogP contribution in [0.3, 0.4) is 0 Å². The maximum atomic E-state index is 12.3. The van der Waals surface area contributed by atoms with Crippen LogP contribution in [0, 0.1) is 0 Å². The summed E-state index contributed by atoms with van der Waals surface area (Å²) in [5, 5.41) is 3.29. The molecule has 0 unspecified atom stereocenters. The first-order valence-corrected chi connectivity index (χ1v) is 10.2. The van der Waals surface area contributed by atoms with E-state index in [0.717, 1.165) is 39.7 Å². The molecule has 1 aliphatic rings. The Bertz CT molecular complexity index is 1310. The summed E-state index contributed by atoms with van der Waals surface area (Å²) >= 11 is 0.990. The van der Waals surface area contributed by atoms with Crippen LogP contribution < -0.4 is 0 Å². The van der Waals surface area contributed by atoms with Gasteiger partial charge in [-0.15, -0.1) is 0 Å². The highest BCUT2D eigenvalue weighted by Gasteiger charge is 2.32. The maximum Gasteiger partial charge on any atom is 0.293 e. The summed E-state index contributed by atoms with van der Waals surface area (Å²) in [6.45, 7) is 0.727. The number of hydrogen-bond donors (Lipinski definition) is 0. The second kappa shape index (κ2) is 6.94. The molecule has 5 heteroatoms. The van der Waals surface area contributed by atoms with Crippen LogP contribution >= 0.6 is 11.8 Å². The van der Waals surface area contributed by atoms with Crippen LogP contribution in [0.1, 0.15) is 11.1 Å². The first kappa shape index (κ1) is 17.8. The number of thioether (sulfide) groups is 1. The van der Waals surface area contributed by atoms with Crippen molar-refractivity contribution in [1.29, 1.82) is 0 Å². The molecule has 0 spiro atoms. The molecule has 1 fully saturated rings. The number of fused-ring (bicyclic) bond motifs is 2. The van der Waals surface area contributed by atoms with Gasteiger partial charge >= 0.3 is 0 Å².